The van der Waals surface area contributed by atoms with Gasteiger partial charge in [-0.3, -0.25) is 4.68 Å². The van der Waals surface area contributed by atoms with E-state index in [2.05, 4.69) is 15.2 Å². The van der Waals surface area contributed by atoms with Gasteiger partial charge in [-0.25, -0.2) is 9.18 Å². The number of aromatic nitrogens is 4. The predicted molar refractivity (Wildman–Crippen MR) is 98.3 cm³/mol. The number of halogens is 1. The molecule has 0 aliphatic carbocycles. The lowest BCUT2D eigenvalue weighted by molar-refractivity contribution is 0.0228. The van der Waals surface area contributed by atoms with Crippen LogP contribution in [0.4, 0.5) is 4.39 Å². The molecule has 0 saturated heterocycles. The summed E-state index contributed by atoms with van der Waals surface area (Å²) in [6.07, 6.45) is 2.64. The zero-order valence-corrected chi connectivity index (χ0v) is 15.7. The number of hydrogen-bond donors (Lipinski definition) is 0. The first kappa shape index (κ1) is 18.6. The fourth-order valence-electron chi connectivity index (χ4n) is 2.64. The van der Waals surface area contributed by atoms with E-state index in [1.165, 1.54) is 12.1 Å². The van der Waals surface area contributed by atoms with E-state index < -0.39 is 12.1 Å². The lowest BCUT2D eigenvalue weighted by Crippen LogP contribution is -2.09. The van der Waals surface area contributed by atoms with E-state index in [0.29, 0.717) is 23.4 Å². The molecule has 0 aliphatic rings. The van der Waals surface area contributed by atoms with Gasteiger partial charge in [0.2, 0.25) is 11.6 Å². The number of carbonyl (C=O) groups excluding carboxylic acids is 1. The SMILES string of the molecule is Cc1ccc(-c2noc(C(C)OC(=O)c3ccc(Cn4cccn4)o3)n2)cc1F. The molecule has 0 bridgehead atoms. The highest BCUT2D eigenvalue weighted by atomic mass is 19.1. The molecule has 0 spiro atoms. The summed E-state index contributed by atoms with van der Waals surface area (Å²) in [6.45, 7) is 3.66. The highest BCUT2D eigenvalue weighted by molar-refractivity contribution is 5.86. The Labute approximate surface area is 164 Å². The van der Waals surface area contributed by atoms with Crippen LogP contribution in [-0.4, -0.2) is 25.9 Å². The molecule has 0 amide bonds. The zero-order valence-electron chi connectivity index (χ0n) is 15.7. The summed E-state index contributed by atoms with van der Waals surface area (Å²) in [4.78, 5) is 16.5. The van der Waals surface area contributed by atoms with E-state index in [4.69, 9.17) is 13.7 Å². The number of carbonyl (C=O) groups is 1. The number of hydrogen-bond acceptors (Lipinski definition) is 7. The standard InChI is InChI=1S/C20H17FN4O4/c1-12-4-5-14(10-16(12)21)18-23-19(29-24-18)13(2)27-20(26)17-7-6-15(28-17)11-25-9-3-8-22-25/h3-10,13H,11H2,1-2H3. The Kier molecular flexibility index (Phi) is 4.94. The number of benzene rings is 1. The fraction of sp³-hybridized carbons (Fsp3) is 0.200. The third-order valence-electron chi connectivity index (χ3n) is 4.24. The summed E-state index contributed by atoms with van der Waals surface area (Å²) < 4.78 is 31.4. The van der Waals surface area contributed by atoms with Crippen LogP contribution >= 0.6 is 0 Å². The third kappa shape index (κ3) is 4.08. The summed E-state index contributed by atoms with van der Waals surface area (Å²) in [6, 6.07) is 9.64. The number of ether oxygens (including phenoxy) is 1. The lowest BCUT2D eigenvalue weighted by Gasteiger charge is -2.07. The molecule has 0 saturated carbocycles. The van der Waals surface area contributed by atoms with Gasteiger partial charge in [-0.15, -0.1) is 0 Å². The number of furan rings is 1. The second-order valence-corrected chi connectivity index (χ2v) is 6.44. The number of aryl methyl sites for hydroxylation is 1. The van der Waals surface area contributed by atoms with Crippen molar-refractivity contribution in [3.63, 3.8) is 0 Å². The van der Waals surface area contributed by atoms with Gasteiger partial charge in [0.25, 0.3) is 5.89 Å². The second kappa shape index (κ2) is 7.70. The van der Waals surface area contributed by atoms with Crippen molar-refractivity contribution in [3.8, 4) is 11.4 Å². The molecule has 9 heteroatoms. The molecule has 3 heterocycles. The topological polar surface area (TPSA) is 96.2 Å². The summed E-state index contributed by atoms with van der Waals surface area (Å²) in [5.74, 6) is -0.101. The molecule has 4 aromatic rings. The largest absolute Gasteiger partial charge is 0.452 e. The van der Waals surface area contributed by atoms with E-state index in [9.17, 15) is 9.18 Å². The Morgan fingerprint density at radius 3 is 2.93 bits per heavy atom. The third-order valence-corrected chi connectivity index (χ3v) is 4.24. The van der Waals surface area contributed by atoms with Crippen LogP contribution in [0.5, 0.6) is 0 Å². The summed E-state index contributed by atoms with van der Waals surface area (Å²) >= 11 is 0. The maximum atomic E-state index is 13.7. The Morgan fingerprint density at radius 1 is 1.31 bits per heavy atom. The van der Waals surface area contributed by atoms with Crippen LogP contribution in [0.2, 0.25) is 0 Å². The summed E-state index contributed by atoms with van der Waals surface area (Å²) in [5.41, 5.74) is 0.987. The van der Waals surface area contributed by atoms with Gasteiger partial charge in [-0.1, -0.05) is 17.3 Å². The van der Waals surface area contributed by atoms with Crippen LogP contribution in [0.1, 0.15) is 40.8 Å². The summed E-state index contributed by atoms with van der Waals surface area (Å²) in [7, 11) is 0. The van der Waals surface area contributed by atoms with E-state index in [-0.39, 0.29) is 23.3 Å². The Morgan fingerprint density at radius 2 is 2.17 bits per heavy atom. The van der Waals surface area contributed by atoms with Crippen molar-refractivity contribution in [3.05, 3.63) is 77.6 Å². The van der Waals surface area contributed by atoms with Crippen LogP contribution in [-0.2, 0) is 11.3 Å². The van der Waals surface area contributed by atoms with Crippen molar-refractivity contribution in [1.82, 2.24) is 19.9 Å². The predicted octanol–water partition coefficient (Wildman–Crippen LogP) is 3.94. The van der Waals surface area contributed by atoms with Gasteiger partial charge in [0.1, 0.15) is 11.6 Å². The van der Waals surface area contributed by atoms with Gasteiger partial charge < -0.3 is 13.7 Å². The van der Waals surface area contributed by atoms with Gasteiger partial charge in [-0.05, 0) is 43.7 Å². The first-order valence-corrected chi connectivity index (χ1v) is 8.87. The molecule has 4 rings (SSSR count). The molecule has 1 unspecified atom stereocenters. The number of rotatable bonds is 6. The van der Waals surface area contributed by atoms with Crippen molar-refractivity contribution < 1.29 is 22.9 Å². The molecule has 148 valence electrons. The molecule has 0 aliphatic heterocycles. The Balaban J connectivity index is 1.42. The van der Waals surface area contributed by atoms with E-state index in [0.717, 1.165) is 0 Å². The minimum Gasteiger partial charge on any atom is -0.452 e. The minimum absolute atomic E-state index is 0.0550. The molecular formula is C20H17FN4O4. The molecular weight excluding hydrogens is 379 g/mol. The van der Waals surface area contributed by atoms with Crippen LogP contribution in [0, 0.1) is 12.7 Å². The van der Waals surface area contributed by atoms with Crippen molar-refractivity contribution in [2.45, 2.75) is 26.5 Å². The Bertz CT molecular complexity index is 1130. The van der Waals surface area contributed by atoms with E-state index >= 15 is 0 Å². The van der Waals surface area contributed by atoms with E-state index in [1.54, 1.807) is 55.2 Å². The maximum absolute atomic E-state index is 13.7. The molecule has 8 nitrogen and oxygen atoms in total. The van der Waals surface area contributed by atoms with Crippen LogP contribution in [0.25, 0.3) is 11.4 Å². The van der Waals surface area contributed by atoms with Gasteiger partial charge in [-0.2, -0.15) is 10.1 Å². The average Bonchev–Trinajstić information content (AvgIpc) is 3.45. The first-order valence-electron chi connectivity index (χ1n) is 8.87. The highest BCUT2D eigenvalue weighted by Crippen LogP contribution is 2.23. The molecule has 0 radical (unpaired) electrons. The lowest BCUT2D eigenvalue weighted by atomic mass is 10.1. The van der Waals surface area contributed by atoms with Gasteiger partial charge in [0.15, 0.2) is 6.10 Å². The molecule has 1 aromatic carbocycles. The quantitative estimate of drug-likeness (QED) is 0.455. The van der Waals surface area contributed by atoms with Crippen LogP contribution in [0.3, 0.4) is 0 Å². The maximum Gasteiger partial charge on any atom is 0.375 e. The number of nitrogens with zero attached hydrogens (tertiary/aromatic N) is 4. The zero-order chi connectivity index (χ0) is 20.4. The summed E-state index contributed by atoms with van der Waals surface area (Å²) in [5, 5.41) is 7.91. The highest BCUT2D eigenvalue weighted by Gasteiger charge is 2.22. The minimum atomic E-state index is -0.807. The van der Waals surface area contributed by atoms with Crippen LogP contribution in [0.15, 0.2) is 57.7 Å². The normalized spacial score (nSPS) is 12.1. The van der Waals surface area contributed by atoms with Crippen molar-refractivity contribution >= 4 is 5.97 Å². The van der Waals surface area contributed by atoms with Gasteiger partial charge in [0, 0.05) is 18.0 Å². The Hall–Kier alpha value is -3.75. The molecule has 3 aromatic heterocycles. The van der Waals surface area contributed by atoms with Gasteiger partial charge in [0.05, 0.1) is 6.54 Å². The smallest absolute Gasteiger partial charge is 0.375 e. The molecule has 1 atom stereocenters. The average molecular weight is 396 g/mol. The molecule has 0 fully saturated rings. The monoisotopic (exact) mass is 396 g/mol. The number of esters is 1. The van der Waals surface area contributed by atoms with Crippen molar-refractivity contribution in [1.29, 1.82) is 0 Å². The van der Waals surface area contributed by atoms with Crippen LogP contribution < -0.4 is 0 Å². The molecule has 0 N–H and O–H groups in total. The van der Waals surface area contributed by atoms with E-state index in [1.807, 2.05) is 0 Å². The second-order valence-electron chi connectivity index (χ2n) is 6.44. The van der Waals surface area contributed by atoms with Crippen molar-refractivity contribution in [2.75, 3.05) is 0 Å². The van der Waals surface area contributed by atoms with Gasteiger partial charge >= 0.3 is 5.97 Å². The first-order chi connectivity index (χ1) is 14.0. The molecule has 29 heavy (non-hydrogen) atoms. The van der Waals surface area contributed by atoms with Crippen molar-refractivity contribution in [2.24, 2.45) is 0 Å². The fourth-order valence-corrected chi connectivity index (χ4v) is 2.64.